The average molecular weight is 302 g/mol. The Morgan fingerprint density at radius 2 is 2.17 bits per heavy atom. The number of rotatable bonds is 4. The van der Waals surface area contributed by atoms with Crippen LogP contribution in [0.3, 0.4) is 0 Å². The van der Waals surface area contributed by atoms with Crippen molar-refractivity contribution >= 4 is 45.8 Å². The lowest BCUT2D eigenvalue weighted by Gasteiger charge is -2.14. The Bertz CT molecular complexity index is 450. The summed E-state index contributed by atoms with van der Waals surface area (Å²) in [7, 11) is 0. The second kappa shape index (κ2) is 6.41. The number of carbonyl (C=O) groups is 1. The Hall–Kier alpha value is -0.780. The van der Waals surface area contributed by atoms with Gasteiger partial charge in [0.25, 0.3) is 0 Å². The monoisotopic (exact) mass is 301 g/mol. The molecule has 0 spiro atoms. The van der Waals surface area contributed by atoms with Gasteiger partial charge < -0.3 is 4.74 Å². The summed E-state index contributed by atoms with van der Waals surface area (Å²) < 4.78 is 6.14. The average Bonchev–Trinajstić information content (AvgIpc) is 2.78. The normalized spacial score (nSPS) is 14.9. The third kappa shape index (κ3) is 3.60. The summed E-state index contributed by atoms with van der Waals surface area (Å²) in [6.07, 6.45) is 0.337. The largest absolute Gasteiger partial charge is 0.493 e. The number of carbonyl (C=O) groups excluding carboxylic acids is 1. The number of hydrogen-bond acceptors (Lipinski definition) is 4. The van der Waals surface area contributed by atoms with Crippen molar-refractivity contribution in [2.24, 2.45) is 0 Å². The summed E-state index contributed by atoms with van der Waals surface area (Å²) in [6, 6.07) is 7.07. The number of thioether (sulfide) groups is 1. The maximum Gasteiger partial charge on any atom is 0.231 e. The van der Waals surface area contributed by atoms with E-state index in [2.05, 4.69) is 0 Å². The van der Waals surface area contributed by atoms with Crippen molar-refractivity contribution in [3.8, 4) is 5.75 Å². The molecule has 1 aromatic rings. The second-order valence-corrected chi connectivity index (χ2v) is 5.88. The highest BCUT2D eigenvalue weighted by molar-refractivity contribution is 8.23. The predicted octanol–water partition coefficient (Wildman–Crippen LogP) is 2.97. The van der Waals surface area contributed by atoms with Crippen LogP contribution in [0, 0.1) is 0 Å². The van der Waals surface area contributed by atoms with Gasteiger partial charge in [0.15, 0.2) is 0 Å². The number of benzene rings is 1. The Morgan fingerprint density at radius 1 is 1.44 bits per heavy atom. The van der Waals surface area contributed by atoms with Crippen LogP contribution in [0.2, 0.25) is 5.02 Å². The van der Waals surface area contributed by atoms with E-state index in [1.54, 1.807) is 40.9 Å². The van der Waals surface area contributed by atoms with E-state index in [-0.39, 0.29) is 5.91 Å². The lowest BCUT2D eigenvalue weighted by Crippen LogP contribution is -2.31. The molecule has 0 aliphatic carbocycles. The molecule has 0 N–H and O–H groups in total. The van der Waals surface area contributed by atoms with Crippen LogP contribution >= 0.6 is 35.6 Å². The number of amides is 1. The molecular weight excluding hydrogens is 290 g/mol. The van der Waals surface area contributed by atoms with Gasteiger partial charge in [-0.25, -0.2) is 0 Å². The summed E-state index contributed by atoms with van der Waals surface area (Å²) in [5, 5.41) is 0.665. The quantitative estimate of drug-likeness (QED) is 0.800. The lowest BCUT2D eigenvalue weighted by molar-refractivity contribution is -0.127. The SMILES string of the molecule is O=C(CCOc1ccc(Cl)cc1)N1CCSC1=S. The molecule has 96 valence electrons. The Labute approximate surface area is 120 Å². The van der Waals surface area contributed by atoms with E-state index in [0.29, 0.717) is 34.7 Å². The zero-order chi connectivity index (χ0) is 13.0. The van der Waals surface area contributed by atoms with Gasteiger partial charge in [-0.05, 0) is 24.3 Å². The zero-order valence-electron chi connectivity index (χ0n) is 9.60. The molecule has 1 heterocycles. The molecule has 0 atom stereocenters. The van der Waals surface area contributed by atoms with Crippen molar-refractivity contribution in [3.05, 3.63) is 29.3 Å². The second-order valence-electron chi connectivity index (χ2n) is 3.71. The van der Waals surface area contributed by atoms with Crippen LogP contribution in [-0.4, -0.2) is 34.0 Å². The molecule has 18 heavy (non-hydrogen) atoms. The third-order valence-electron chi connectivity index (χ3n) is 2.46. The highest BCUT2D eigenvalue weighted by Gasteiger charge is 2.23. The molecule has 1 aliphatic rings. The first-order valence-electron chi connectivity index (χ1n) is 5.52. The summed E-state index contributed by atoms with van der Waals surface area (Å²) in [6.45, 7) is 1.06. The molecule has 0 aromatic heterocycles. The third-order valence-corrected chi connectivity index (χ3v) is 4.14. The Kier molecular flexibility index (Phi) is 4.86. The predicted molar refractivity (Wildman–Crippen MR) is 78.3 cm³/mol. The van der Waals surface area contributed by atoms with E-state index in [4.69, 9.17) is 28.6 Å². The van der Waals surface area contributed by atoms with Gasteiger partial charge >= 0.3 is 0 Å². The van der Waals surface area contributed by atoms with Crippen LogP contribution in [0.25, 0.3) is 0 Å². The fraction of sp³-hybridized carbons (Fsp3) is 0.333. The van der Waals surface area contributed by atoms with Gasteiger partial charge in [0.2, 0.25) is 5.91 Å². The molecular formula is C12H12ClNO2S2. The van der Waals surface area contributed by atoms with E-state index in [1.807, 2.05) is 0 Å². The number of ether oxygens (including phenoxy) is 1. The van der Waals surface area contributed by atoms with Gasteiger partial charge in [-0.15, -0.1) is 0 Å². The molecule has 1 aliphatic heterocycles. The van der Waals surface area contributed by atoms with Crippen LogP contribution in [0.1, 0.15) is 6.42 Å². The number of thiocarbonyl (C=S) groups is 1. The maximum atomic E-state index is 11.8. The topological polar surface area (TPSA) is 29.5 Å². The first-order valence-corrected chi connectivity index (χ1v) is 7.29. The van der Waals surface area contributed by atoms with Crippen molar-refractivity contribution in [2.45, 2.75) is 6.42 Å². The number of hydrogen-bond donors (Lipinski definition) is 0. The summed E-state index contributed by atoms with van der Waals surface area (Å²) in [4.78, 5) is 13.5. The lowest BCUT2D eigenvalue weighted by atomic mass is 10.3. The molecule has 0 bridgehead atoms. The Morgan fingerprint density at radius 3 is 2.78 bits per heavy atom. The molecule has 1 fully saturated rings. The molecule has 0 saturated carbocycles. The van der Waals surface area contributed by atoms with Gasteiger partial charge in [0.1, 0.15) is 10.1 Å². The molecule has 6 heteroatoms. The minimum absolute atomic E-state index is 0.0268. The van der Waals surface area contributed by atoms with E-state index < -0.39 is 0 Å². The minimum Gasteiger partial charge on any atom is -0.493 e. The van der Waals surface area contributed by atoms with Gasteiger partial charge in [-0.1, -0.05) is 35.6 Å². The first-order chi connectivity index (χ1) is 8.66. The van der Waals surface area contributed by atoms with Crippen molar-refractivity contribution < 1.29 is 9.53 Å². The maximum absolute atomic E-state index is 11.8. The van der Waals surface area contributed by atoms with E-state index >= 15 is 0 Å². The van der Waals surface area contributed by atoms with Crippen LogP contribution in [0.4, 0.5) is 0 Å². The van der Waals surface area contributed by atoms with Crippen molar-refractivity contribution in [2.75, 3.05) is 18.9 Å². The smallest absolute Gasteiger partial charge is 0.231 e. The summed E-state index contributed by atoms with van der Waals surface area (Å²) >= 11 is 12.4. The van der Waals surface area contributed by atoms with Crippen LogP contribution in [0.5, 0.6) is 5.75 Å². The van der Waals surface area contributed by atoms with Crippen molar-refractivity contribution in [3.63, 3.8) is 0 Å². The summed E-state index contributed by atoms with van der Waals surface area (Å²) in [5.74, 6) is 1.63. The van der Waals surface area contributed by atoms with E-state index in [1.165, 1.54) is 0 Å². The first kappa shape index (κ1) is 13.6. The fourth-order valence-corrected chi connectivity index (χ4v) is 2.91. The highest BCUT2D eigenvalue weighted by atomic mass is 35.5. The standard InChI is InChI=1S/C12H12ClNO2S2/c13-9-1-3-10(4-2-9)16-7-5-11(15)14-6-8-18-12(14)17/h1-4H,5-8H2. The van der Waals surface area contributed by atoms with E-state index in [9.17, 15) is 4.79 Å². The van der Waals surface area contributed by atoms with Crippen LogP contribution in [0.15, 0.2) is 24.3 Å². The van der Waals surface area contributed by atoms with E-state index in [0.717, 1.165) is 5.75 Å². The van der Waals surface area contributed by atoms with Crippen molar-refractivity contribution in [1.29, 1.82) is 0 Å². The Balaban J connectivity index is 1.76. The molecule has 0 unspecified atom stereocenters. The van der Waals surface area contributed by atoms with Gasteiger partial charge in [-0.3, -0.25) is 9.69 Å². The fourth-order valence-electron chi connectivity index (χ4n) is 1.54. The molecule has 3 nitrogen and oxygen atoms in total. The molecule has 2 rings (SSSR count). The van der Waals surface area contributed by atoms with Crippen molar-refractivity contribution in [1.82, 2.24) is 4.90 Å². The number of nitrogens with zero attached hydrogens (tertiary/aromatic N) is 1. The van der Waals surface area contributed by atoms with Gasteiger partial charge in [0.05, 0.1) is 13.0 Å². The van der Waals surface area contributed by atoms with Gasteiger partial charge in [0, 0.05) is 17.3 Å². The summed E-state index contributed by atoms with van der Waals surface area (Å²) in [5.41, 5.74) is 0. The number of halogens is 1. The minimum atomic E-state index is 0.0268. The molecule has 1 aromatic carbocycles. The van der Waals surface area contributed by atoms with Gasteiger partial charge in [-0.2, -0.15) is 0 Å². The highest BCUT2D eigenvalue weighted by Crippen LogP contribution is 2.19. The zero-order valence-corrected chi connectivity index (χ0v) is 12.0. The molecule has 0 radical (unpaired) electrons. The van der Waals surface area contributed by atoms with Crippen LogP contribution < -0.4 is 4.74 Å². The molecule has 1 saturated heterocycles. The molecule has 1 amide bonds. The van der Waals surface area contributed by atoms with Crippen LogP contribution in [-0.2, 0) is 4.79 Å².